The maximum atomic E-state index is 8.61. The summed E-state index contributed by atoms with van der Waals surface area (Å²) in [6, 6.07) is 0. The van der Waals surface area contributed by atoms with Crippen LogP contribution in [0.2, 0.25) is 0 Å². The summed E-state index contributed by atoms with van der Waals surface area (Å²) in [7, 11) is 0. The molecule has 0 aromatic heterocycles. The van der Waals surface area contributed by atoms with Crippen LogP contribution in [0.1, 0.15) is 12.8 Å². The maximum absolute atomic E-state index is 8.61. The number of hydrogen-bond acceptors (Lipinski definition) is 7. The Morgan fingerprint density at radius 2 is 0.619 bits per heavy atom. The quantitative estimate of drug-likeness (QED) is 0.143. The van der Waals surface area contributed by atoms with Crippen LogP contribution in [-0.2, 0) is 0 Å². The van der Waals surface area contributed by atoms with E-state index >= 15 is 0 Å². The molecule has 0 saturated carbocycles. The molecule has 0 heterocycles. The zero-order valence-corrected chi connectivity index (χ0v) is 13.3. The lowest BCUT2D eigenvalue weighted by molar-refractivity contribution is 0.286. The first-order valence-corrected chi connectivity index (χ1v) is 8.17. The average Bonchev–Trinajstić information content (AvgIpc) is 2.50. The molecule has 0 radical (unpaired) electrons. The van der Waals surface area contributed by atoms with Gasteiger partial charge < -0.3 is 36.8 Å². The topological polar surface area (TPSA) is 101 Å². The average molecular weight is 305 g/mol. The highest BCUT2D eigenvalue weighted by molar-refractivity contribution is 4.57. The van der Waals surface area contributed by atoms with Gasteiger partial charge in [0.2, 0.25) is 0 Å². The monoisotopic (exact) mass is 305 g/mol. The fourth-order valence-corrected chi connectivity index (χ4v) is 1.74. The fraction of sp³-hybridized carbons (Fsp3) is 1.00. The first-order valence-electron chi connectivity index (χ1n) is 8.17. The molecule has 0 rings (SSSR count). The molecule has 0 atom stereocenters. The molecule has 0 fully saturated rings. The minimum absolute atomic E-state index is 0.261. The van der Waals surface area contributed by atoms with Gasteiger partial charge in [0, 0.05) is 65.6 Å². The van der Waals surface area contributed by atoms with Gasteiger partial charge in [-0.15, -0.1) is 0 Å². The van der Waals surface area contributed by atoms with E-state index in [0.29, 0.717) is 0 Å². The molecule has 0 aromatic rings. The molecular formula is C14H35N5O2. The lowest BCUT2D eigenvalue weighted by Gasteiger charge is -2.08. The number of nitrogens with one attached hydrogen (secondary N) is 5. The Morgan fingerprint density at radius 3 is 0.857 bits per heavy atom. The van der Waals surface area contributed by atoms with Gasteiger partial charge in [-0.05, 0) is 25.9 Å². The molecule has 0 amide bonds. The van der Waals surface area contributed by atoms with Crippen LogP contribution >= 0.6 is 0 Å². The fourth-order valence-electron chi connectivity index (χ4n) is 1.74. The van der Waals surface area contributed by atoms with E-state index in [4.69, 9.17) is 10.2 Å². The van der Waals surface area contributed by atoms with Crippen molar-refractivity contribution in [2.24, 2.45) is 0 Å². The smallest absolute Gasteiger partial charge is 0.0443 e. The second kappa shape index (κ2) is 19.7. The second-order valence-corrected chi connectivity index (χ2v) is 4.90. The molecule has 7 heteroatoms. The number of aliphatic hydroxyl groups excluding tert-OH is 2. The van der Waals surface area contributed by atoms with Crippen LogP contribution < -0.4 is 26.6 Å². The highest BCUT2D eigenvalue weighted by Gasteiger charge is 1.91. The molecule has 21 heavy (non-hydrogen) atoms. The molecule has 0 aliphatic carbocycles. The molecule has 0 bridgehead atoms. The van der Waals surface area contributed by atoms with E-state index in [1.807, 2.05) is 0 Å². The zero-order valence-electron chi connectivity index (χ0n) is 13.3. The molecule has 0 aromatic carbocycles. The summed E-state index contributed by atoms with van der Waals surface area (Å²) in [5.74, 6) is 0. The molecule has 7 nitrogen and oxygen atoms in total. The minimum Gasteiger partial charge on any atom is -0.396 e. The summed E-state index contributed by atoms with van der Waals surface area (Å²) in [5, 5.41) is 33.8. The van der Waals surface area contributed by atoms with Crippen molar-refractivity contribution in [2.45, 2.75) is 12.8 Å². The van der Waals surface area contributed by atoms with Gasteiger partial charge in [-0.2, -0.15) is 0 Å². The van der Waals surface area contributed by atoms with Gasteiger partial charge >= 0.3 is 0 Å². The lowest BCUT2D eigenvalue weighted by atomic mass is 10.4. The van der Waals surface area contributed by atoms with Gasteiger partial charge in [0.15, 0.2) is 0 Å². The van der Waals surface area contributed by atoms with Crippen LogP contribution in [0.5, 0.6) is 0 Å². The molecule has 128 valence electrons. The largest absolute Gasteiger partial charge is 0.396 e. The van der Waals surface area contributed by atoms with Crippen molar-refractivity contribution in [1.29, 1.82) is 0 Å². The Balaban J connectivity index is 2.90. The SMILES string of the molecule is OCCCNCCNCCNCCNCCNCCCO. The van der Waals surface area contributed by atoms with Crippen LogP contribution in [-0.4, -0.2) is 88.9 Å². The van der Waals surface area contributed by atoms with Gasteiger partial charge in [0.05, 0.1) is 0 Å². The first-order chi connectivity index (χ1) is 10.4. The summed E-state index contributed by atoms with van der Waals surface area (Å²) in [4.78, 5) is 0. The Hall–Kier alpha value is -0.280. The van der Waals surface area contributed by atoms with Crippen molar-refractivity contribution < 1.29 is 10.2 Å². The molecule has 0 unspecified atom stereocenters. The van der Waals surface area contributed by atoms with E-state index in [-0.39, 0.29) is 13.2 Å². The lowest BCUT2D eigenvalue weighted by Crippen LogP contribution is -2.36. The summed E-state index contributed by atoms with van der Waals surface area (Å²) in [6.45, 7) is 10.0. The Labute approximate surface area is 129 Å². The van der Waals surface area contributed by atoms with Crippen LogP contribution in [0.4, 0.5) is 0 Å². The van der Waals surface area contributed by atoms with E-state index in [1.165, 1.54) is 0 Å². The van der Waals surface area contributed by atoms with E-state index in [1.54, 1.807) is 0 Å². The Bertz CT molecular complexity index is 169. The summed E-state index contributed by atoms with van der Waals surface area (Å²) >= 11 is 0. The molecular weight excluding hydrogens is 270 g/mol. The predicted molar refractivity (Wildman–Crippen MR) is 87.8 cm³/mol. The number of aliphatic hydroxyl groups is 2. The molecule has 0 saturated heterocycles. The number of rotatable bonds is 18. The summed E-state index contributed by atoms with van der Waals surface area (Å²) in [5.41, 5.74) is 0. The molecule has 0 aliphatic heterocycles. The maximum Gasteiger partial charge on any atom is 0.0443 e. The van der Waals surface area contributed by atoms with Crippen molar-refractivity contribution in [3.63, 3.8) is 0 Å². The van der Waals surface area contributed by atoms with E-state index in [2.05, 4.69) is 26.6 Å². The van der Waals surface area contributed by atoms with Gasteiger partial charge in [0.1, 0.15) is 0 Å². The summed E-state index contributed by atoms with van der Waals surface area (Å²) in [6.07, 6.45) is 1.65. The standard InChI is InChI=1S/C14H35N5O2/c20-13-1-3-15-5-7-17-9-11-19-12-10-18-8-6-16-4-2-14-21/h15-21H,1-14H2. The summed E-state index contributed by atoms with van der Waals surface area (Å²) < 4.78 is 0. The third kappa shape index (κ3) is 19.7. The molecule has 0 aliphatic rings. The van der Waals surface area contributed by atoms with Crippen molar-refractivity contribution >= 4 is 0 Å². The van der Waals surface area contributed by atoms with Gasteiger partial charge in [-0.25, -0.2) is 0 Å². The second-order valence-electron chi connectivity index (χ2n) is 4.90. The van der Waals surface area contributed by atoms with Crippen molar-refractivity contribution in [3.8, 4) is 0 Å². The van der Waals surface area contributed by atoms with E-state index < -0.39 is 0 Å². The predicted octanol–water partition coefficient (Wildman–Crippen LogP) is -2.30. The third-order valence-electron chi connectivity index (χ3n) is 2.94. The Kier molecular flexibility index (Phi) is 19.5. The Morgan fingerprint density at radius 1 is 0.381 bits per heavy atom. The molecule has 0 spiro atoms. The molecule has 7 N–H and O–H groups in total. The van der Waals surface area contributed by atoms with Crippen LogP contribution in [0.3, 0.4) is 0 Å². The van der Waals surface area contributed by atoms with Crippen LogP contribution in [0.25, 0.3) is 0 Å². The first kappa shape index (κ1) is 20.7. The van der Waals surface area contributed by atoms with Gasteiger partial charge in [0.25, 0.3) is 0 Å². The van der Waals surface area contributed by atoms with Crippen LogP contribution in [0.15, 0.2) is 0 Å². The normalized spacial score (nSPS) is 11.1. The van der Waals surface area contributed by atoms with Crippen molar-refractivity contribution in [3.05, 3.63) is 0 Å². The number of hydrogen-bond donors (Lipinski definition) is 7. The van der Waals surface area contributed by atoms with Crippen LogP contribution in [0, 0.1) is 0 Å². The highest BCUT2D eigenvalue weighted by atomic mass is 16.3. The van der Waals surface area contributed by atoms with E-state index in [9.17, 15) is 0 Å². The zero-order chi connectivity index (χ0) is 15.4. The highest BCUT2D eigenvalue weighted by Crippen LogP contribution is 1.71. The minimum atomic E-state index is 0.261. The van der Waals surface area contributed by atoms with E-state index in [0.717, 1.165) is 78.3 Å². The van der Waals surface area contributed by atoms with Crippen molar-refractivity contribution in [2.75, 3.05) is 78.7 Å². The van der Waals surface area contributed by atoms with Gasteiger partial charge in [-0.3, -0.25) is 0 Å². The van der Waals surface area contributed by atoms with Crippen molar-refractivity contribution in [1.82, 2.24) is 26.6 Å². The van der Waals surface area contributed by atoms with Gasteiger partial charge in [-0.1, -0.05) is 0 Å². The third-order valence-corrected chi connectivity index (χ3v) is 2.94.